The van der Waals surface area contributed by atoms with E-state index in [1.54, 1.807) is 0 Å². The summed E-state index contributed by atoms with van der Waals surface area (Å²) in [6.07, 6.45) is 6.45. The molecule has 0 amide bonds. The van der Waals surface area contributed by atoms with E-state index in [0.717, 1.165) is 5.92 Å². The van der Waals surface area contributed by atoms with Gasteiger partial charge in [-0.3, -0.25) is 0 Å². The lowest BCUT2D eigenvalue weighted by atomic mass is 9.75. The maximum atomic E-state index is 6.48. The van der Waals surface area contributed by atoms with Crippen LogP contribution in [0.1, 0.15) is 69.0 Å². The second kappa shape index (κ2) is 5.68. The van der Waals surface area contributed by atoms with Crippen molar-refractivity contribution in [2.75, 3.05) is 0 Å². The summed E-state index contributed by atoms with van der Waals surface area (Å²) in [5.41, 5.74) is 9.41. The van der Waals surface area contributed by atoms with E-state index in [1.165, 1.54) is 43.2 Å². The normalized spacial score (nSPS) is 18.1. The van der Waals surface area contributed by atoms with Crippen molar-refractivity contribution in [2.45, 2.75) is 57.9 Å². The Morgan fingerprint density at radius 1 is 1.18 bits per heavy atom. The standard InChI is InChI=1S/C16H25N/c1-3-12(4-2)16(17)15-11-6-5-10-14(15)13-8-7-9-13/h5-6,10-13,16H,3-4,7-9,17H2,1-2H3. The molecule has 1 unspecified atom stereocenters. The molecule has 1 heteroatoms. The first-order chi connectivity index (χ1) is 8.27. The van der Waals surface area contributed by atoms with E-state index in [0.29, 0.717) is 5.92 Å². The molecule has 0 saturated heterocycles. The molecule has 1 fully saturated rings. The molecule has 1 aromatic carbocycles. The highest BCUT2D eigenvalue weighted by molar-refractivity contribution is 5.34. The van der Waals surface area contributed by atoms with E-state index in [2.05, 4.69) is 38.1 Å². The summed E-state index contributed by atoms with van der Waals surface area (Å²) in [5.74, 6) is 1.41. The van der Waals surface area contributed by atoms with Crippen LogP contribution in [0.15, 0.2) is 24.3 Å². The van der Waals surface area contributed by atoms with E-state index in [-0.39, 0.29) is 6.04 Å². The molecule has 1 saturated carbocycles. The summed E-state index contributed by atoms with van der Waals surface area (Å²) in [4.78, 5) is 0. The van der Waals surface area contributed by atoms with Crippen LogP contribution in [-0.2, 0) is 0 Å². The molecule has 0 spiro atoms. The molecule has 0 heterocycles. The molecule has 0 radical (unpaired) electrons. The predicted molar refractivity (Wildman–Crippen MR) is 74.0 cm³/mol. The number of nitrogens with two attached hydrogens (primary N) is 1. The number of rotatable bonds is 5. The Morgan fingerprint density at radius 3 is 2.35 bits per heavy atom. The minimum absolute atomic E-state index is 0.224. The van der Waals surface area contributed by atoms with Crippen LogP contribution in [0.3, 0.4) is 0 Å². The SMILES string of the molecule is CCC(CC)C(N)c1ccccc1C1CCC1. The Morgan fingerprint density at radius 2 is 1.82 bits per heavy atom. The van der Waals surface area contributed by atoms with Gasteiger partial charge in [0, 0.05) is 6.04 Å². The summed E-state index contributed by atoms with van der Waals surface area (Å²) in [7, 11) is 0. The Kier molecular flexibility index (Phi) is 4.22. The fourth-order valence-corrected chi connectivity index (χ4v) is 2.96. The largest absolute Gasteiger partial charge is 0.324 e. The molecule has 2 N–H and O–H groups in total. The lowest BCUT2D eigenvalue weighted by Crippen LogP contribution is -2.23. The third-order valence-corrected chi connectivity index (χ3v) is 4.46. The number of hydrogen-bond acceptors (Lipinski definition) is 1. The van der Waals surface area contributed by atoms with Crippen molar-refractivity contribution < 1.29 is 0 Å². The molecule has 0 bridgehead atoms. The summed E-state index contributed by atoms with van der Waals surface area (Å²) < 4.78 is 0. The Balaban J connectivity index is 2.24. The van der Waals surface area contributed by atoms with Gasteiger partial charge in [0.1, 0.15) is 0 Å². The van der Waals surface area contributed by atoms with Gasteiger partial charge in [-0.2, -0.15) is 0 Å². The third-order valence-electron chi connectivity index (χ3n) is 4.46. The predicted octanol–water partition coefficient (Wildman–Crippen LogP) is 4.39. The van der Waals surface area contributed by atoms with E-state index >= 15 is 0 Å². The van der Waals surface area contributed by atoms with Crippen LogP contribution in [0.5, 0.6) is 0 Å². The van der Waals surface area contributed by atoms with Gasteiger partial charge in [-0.25, -0.2) is 0 Å². The summed E-state index contributed by atoms with van der Waals surface area (Å²) in [6.45, 7) is 4.50. The monoisotopic (exact) mass is 231 g/mol. The molecule has 1 aliphatic rings. The average molecular weight is 231 g/mol. The maximum Gasteiger partial charge on any atom is 0.0326 e. The molecule has 17 heavy (non-hydrogen) atoms. The minimum Gasteiger partial charge on any atom is -0.324 e. The third kappa shape index (κ3) is 2.55. The molecule has 0 aromatic heterocycles. The zero-order valence-electron chi connectivity index (χ0n) is 11.2. The van der Waals surface area contributed by atoms with Gasteiger partial charge in [-0.1, -0.05) is 57.4 Å². The molecule has 1 aromatic rings. The van der Waals surface area contributed by atoms with Gasteiger partial charge in [0.25, 0.3) is 0 Å². The van der Waals surface area contributed by atoms with Gasteiger partial charge in [0.15, 0.2) is 0 Å². The van der Waals surface area contributed by atoms with Crippen molar-refractivity contribution in [2.24, 2.45) is 11.7 Å². The van der Waals surface area contributed by atoms with Crippen molar-refractivity contribution in [1.82, 2.24) is 0 Å². The minimum atomic E-state index is 0.224. The fourth-order valence-electron chi connectivity index (χ4n) is 2.96. The van der Waals surface area contributed by atoms with Crippen LogP contribution in [0.25, 0.3) is 0 Å². The summed E-state index contributed by atoms with van der Waals surface area (Å²) in [6, 6.07) is 9.07. The average Bonchev–Trinajstić information content (AvgIpc) is 2.29. The van der Waals surface area contributed by atoms with Crippen LogP contribution in [0, 0.1) is 5.92 Å². The Hall–Kier alpha value is -0.820. The molecule has 2 rings (SSSR count). The maximum absolute atomic E-state index is 6.48. The summed E-state index contributed by atoms with van der Waals surface area (Å²) in [5, 5.41) is 0. The van der Waals surface area contributed by atoms with Crippen LogP contribution in [0.2, 0.25) is 0 Å². The highest BCUT2D eigenvalue weighted by Crippen LogP contribution is 2.40. The van der Waals surface area contributed by atoms with Gasteiger partial charge in [0.2, 0.25) is 0 Å². The quantitative estimate of drug-likeness (QED) is 0.799. The van der Waals surface area contributed by atoms with E-state index in [4.69, 9.17) is 5.73 Å². The highest BCUT2D eigenvalue weighted by atomic mass is 14.7. The Bertz CT molecular complexity index is 350. The van der Waals surface area contributed by atoms with Crippen molar-refractivity contribution in [3.63, 3.8) is 0 Å². The molecule has 0 aliphatic heterocycles. The lowest BCUT2D eigenvalue weighted by Gasteiger charge is -2.31. The lowest BCUT2D eigenvalue weighted by molar-refractivity contribution is 0.384. The van der Waals surface area contributed by atoms with E-state index < -0.39 is 0 Å². The van der Waals surface area contributed by atoms with E-state index in [9.17, 15) is 0 Å². The first-order valence-corrected chi connectivity index (χ1v) is 7.12. The topological polar surface area (TPSA) is 26.0 Å². The van der Waals surface area contributed by atoms with Crippen LogP contribution >= 0.6 is 0 Å². The highest BCUT2D eigenvalue weighted by Gasteiger charge is 2.25. The molecule has 1 aliphatic carbocycles. The van der Waals surface area contributed by atoms with Crippen LogP contribution in [-0.4, -0.2) is 0 Å². The molecule has 1 atom stereocenters. The smallest absolute Gasteiger partial charge is 0.0326 e. The summed E-state index contributed by atoms with van der Waals surface area (Å²) >= 11 is 0. The van der Waals surface area contributed by atoms with Gasteiger partial charge >= 0.3 is 0 Å². The molecular weight excluding hydrogens is 206 g/mol. The fraction of sp³-hybridized carbons (Fsp3) is 0.625. The Labute approximate surface area is 105 Å². The van der Waals surface area contributed by atoms with Gasteiger partial charge in [-0.05, 0) is 35.8 Å². The second-order valence-electron chi connectivity index (χ2n) is 5.36. The van der Waals surface area contributed by atoms with Crippen molar-refractivity contribution >= 4 is 0 Å². The second-order valence-corrected chi connectivity index (χ2v) is 5.36. The van der Waals surface area contributed by atoms with Gasteiger partial charge < -0.3 is 5.73 Å². The number of benzene rings is 1. The van der Waals surface area contributed by atoms with Gasteiger partial charge in [0.05, 0.1) is 0 Å². The molecule has 94 valence electrons. The van der Waals surface area contributed by atoms with Gasteiger partial charge in [-0.15, -0.1) is 0 Å². The van der Waals surface area contributed by atoms with Crippen molar-refractivity contribution in [1.29, 1.82) is 0 Å². The molecule has 1 nitrogen and oxygen atoms in total. The number of hydrogen-bond donors (Lipinski definition) is 1. The first kappa shape index (κ1) is 12.6. The van der Waals surface area contributed by atoms with Crippen molar-refractivity contribution in [3.8, 4) is 0 Å². The van der Waals surface area contributed by atoms with Crippen molar-refractivity contribution in [3.05, 3.63) is 35.4 Å². The zero-order valence-corrected chi connectivity index (χ0v) is 11.2. The zero-order chi connectivity index (χ0) is 12.3. The van der Waals surface area contributed by atoms with E-state index in [1.807, 2.05) is 0 Å². The van der Waals surface area contributed by atoms with Crippen LogP contribution < -0.4 is 5.73 Å². The molecular formula is C16H25N. The first-order valence-electron chi connectivity index (χ1n) is 7.12. The van der Waals surface area contributed by atoms with Crippen LogP contribution in [0.4, 0.5) is 0 Å².